The third-order valence-electron chi connectivity index (χ3n) is 10.7. The molecular formula is C61H53BNSn3-. The molecular weight excluding hydrogens is 1110 g/mol. The Labute approximate surface area is 416 Å². The zero-order chi connectivity index (χ0) is 45.4. The number of nitrogens with zero attached hydrogens (tertiary/aromatic N) is 1. The number of rotatable bonds is 10. The summed E-state index contributed by atoms with van der Waals surface area (Å²) in [6.45, 7) is 0. The topological polar surface area (TPSA) is 3.24 Å². The van der Waals surface area contributed by atoms with E-state index in [4.69, 9.17) is 7.98 Å². The van der Waals surface area contributed by atoms with Crippen molar-refractivity contribution in [3.63, 3.8) is 0 Å². The van der Waals surface area contributed by atoms with Crippen LogP contribution in [0.3, 0.4) is 0 Å². The van der Waals surface area contributed by atoms with Gasteiger partial charge >= 0.3 is 364 Å². The Morgan fingerprint density at radius 3 is 0.439 bits per heavy atom. The third-order valence-corrected chi connectivity index (χ3v) is 34.1. The van der Waals surface area contributed by atoms with Gasteiger partial charge in [0.25, 0.3) is 0 Å². The number of anilines is 1. The van der Waals surface area contributed by atoms with Crippen LogP contribution in [0.5, 0.6) is 0 Å². The fraction of sp³-hybridized carbons (Fsp3) is 0.0164. The van der Waals surface area contributed by atoms with Crippen molar-refractivity contribution in [2.24, 2.45) is 0 Å². The van der Waals surface area contributed by atoms with Crippen molar-refractivity contribution in [2.45, 2.75) is 0 Å². The monoisotopic (exact) mass is 1170 g/mol. The minimum absolute atomic E-state index is 1.03. The molecule has 0 bridgehead atoms. The van der Waals surface area contributed by atoms with Gasteiger partial charge < -0.3 is 12.8 Å². The summed E-state index contributed by atoms with van der Waals surface area (Å²) < 4.78 is 13.8. The van der Waals surface area contributed by atoms with Crippen molar-refractivity contribution in [3.8, 4) is 0 Å². The van der Waals surface area contributed by atoms with E-state index in [-0.39, 0.29) is 0 Å². The van der Waals surface area contributed by atoms with Crippen LogP contribution in [0.25, 0.3) is 0 Å². The predicted molar refractivity (Wildman–Crippen MR) is 293 cm³/mol. The molecule has 0 saturated heterocycles. The maximum absolute atomic E-state index is 5.45. The van der Waals surface area contributed by atoms with Gasteiger partial charge in [-0.05, 0) is 24.9 Å². The zero-order valence-electron chi connectivity index (χ0n) is 37.4. The molecule has 10 aromatic carbocycles. The van der Waals surface area contributed by atoms with Gasteiger partial charge in [0.2, 0.25) is 0 Å². The number of hydrogen-bond acceptors (Lipinski definition) is 1. The molecule has 0 N–H and O–H groups in total. The van der Waals surface area contributed by atoms with Crippen molar-refractivity contribution in [1.82, 2.24) is 0 Å². The van der Waals surface area contributed by atoms with Gasteiger partial charge in [0.15, 0.2) is 0 Å². The number of benzene rings is 10. The molecule has 10 aromatic rings. The number of para-hydroxylation sites is 1. The molecule has 0 aliphatic heterocycles. The van der Waals surface area contributed by atoms with E-state index in [1.807, 2.05) is 37.4 Å². The molecule has 10 rings (SSSR count). The van der Waals surface area contributed by atoms with Crippen LogP contribution in [-0.2, 0) is 0 Å². The fourth-order valence-corrected chi connectivity index (χ4v) is 29.7. The van der Waals surface area contributed by atoms with E-state index in [0.29, 0.717) is 0 Å². The second kappa shape index (κ2) is 27.2. The second-order valence-corrected chi connectivity index (χ2v) is 36.6. The van der Waals surface area contributed by atoms with Gasteiger partial charge in [-0.3, -0.25) is 0 Å². The fourth-order valence-electron chi connectivity index (χ4n) is 7.61. The molecule has 0 atom stereocenters. The molecule has 0 unspecified atom stereocenters. The van der Waals surface area contributed by atoms with Crippen molar-refractivity contribution < 1.29 is 0 Å². The van der Waals surface area contributed by atoms with Gasteiger partial charge in [0.05, 0.1) is 0 Å². The van der Waals surface area contributed by atoms with Gasteiger partial charge in [-0.2, -0.15) is 0 Å². The molecule has 6 radical (unpaired) electrons. The Morgan fingerprint density at radius 1 is 0.212 bits per heavy atom. The molecule has 0 fully saturated rings. The predicted octanol–water partition coefficient (Wildman–Crippen LogP) is 7.81. The van der Waals surface area contributed by atoms with E-state index < -0.39 is 59.3 Å². The Bertz CT molecular complexity index is 2230. The van der Waals surface area contributed by atoms with E-state index in [1.165, 1.54) is 32.2 Å². The summed E-state index contributed by atoms with van der Waals surface area (Å²) in [6.07, 6.45) is 0. The summed E-state index contributed by atoms with van der Waals surface area (Å²) >= 11 is -5.94. The molecule has 0 spiro atoms. The van der Waals surface area contributed by atoms with Crippen LogP contribution in [0.15, 0.2) is 303 Å². The van der Waals surface area contributed by atoms with Crippen LogP contribution in [0, 0.1) is 0 Å². The molecule has 0 heterocycles. The Kier molecular flexibility index (Phi) is 19.9. The summed E-state index contributed by atoms with van der Waals surface area (Å²) in [6, 6.07) is 109. The van der Waals surface area contributed by atoms with E-state index in [9.17, 15) is 0 Å². The average molecular weight is 1170 g/mol. The SMILES string of the molecule is [B-]N(C)c1ccccc1.c1cc[c]([Sn]([c]2ccccc2)[c]2ccccc2)cc1.c1cc[c]([Sn]([c]2ccccc2)[c]2ccccc2)cc1.c1cc[c]([Sn]([c]2ccccc2)[c]2ccccc2)cc1. The second-order valence-electron chi connectivity index (χ2n) is 15.4. The summed E-state index contributed by atoms with van der Waals surface area (Å²) in [7, 11) is 7.26. The molecule has 1 nitrogen and oxygen atoms in total. The van der Waals surface area contributed by atoms with E-state index >= 15 is 0 Å². The first kappa shape index (κ1) is 48.4. The van der Waals surface area contributed by atoms with Gasteiger partial charge in [0.1, 0.15) is 0 Å². The summed E-state index contributed by atoms with van der Waals surface area (Å²) in [5, 5.41) is 0. The van der Waals surface area contributed by atoms with Crippen LogP contribution in [0.1, 0.15) is 0 Å². The minimum atomic E-state index is -1.98. The first-order chi connectivity index (χ1) is 32.7. The van der Waals surface area contributed by atoms with Gasteiger partial charge in [-0.1, -0.05) is 18.2 Å². The van der Waals surface area contributed by atoms with Crippen LogP contribution in [0.4, 0.5) is 5.69 Å². The molecule has 0 amide bonds. The third kappa shape index (κ3) is 14.7. The van der Waals surface area contributed by atoms with Crippen molar-refractivity contribution in [1.29, 1.82) is 0 Å². The van der Waals surface area contributed by atoms with Crippen molar-refractivity contribution in [2.75, 3.05) is 11.9 Å². The maximum atomic E-state index is 5.45. The molecule has 0 saturated carbocycles. The van der Waals surface area contributed by atoms with Gasteiger partial charge in [-0.15, -0.1) is 0 Å². The van der Waals surface area contributed by atoms with Gasteiger partial charge in [-0.25, -0.2) is 0 Å². The number of hydrogen-bond donors (Lipinski definition) is 0. The summed E-state index contributed by atoms with van der Waals surface area (Å²) in [5.41, 5.74) is 1.03. The van der Waals surface area contributed by atoms with Crippen LogP contribution in [-0.4, -0.2) is 74.3 Å². The summed E-state index contributed by atoms with van der Waals surface area (Å²) in [4.78, 5) is 1.58. The van der Waals surface area contributed by atoms with E-state index in [1.54, 1.807) is 4.81 Å². The molecule has 66 heavy (non-hydrogen) atoms. The quantitative estimate of drug-likeness (QED) is 0.127. The Hall–Kier alpha value is -5.54. The summed E-state index contributed by atoms with van der Waals surface area (Å²) in [5.74, 6) is 0. The van der Waals surface area contributed by atoms with Crippen LogP contribution >= 0.6 is 0 Å². The van der Waals surface area contributed by atoms with E-state index in [0.717, 1.165) is 5.69 Å². The Morgan fingerprint density at radius 2 is 0.333 bits per heavy atom. The molecule has 0 aliphatic rings. The molecule has 0 aliphatic carbocycles. The van der Waals surface area contributed by atoms with Crippen LogP contribution < -0.4 is 37.0 Å². The van der Waals surface area contributed by atoms with Crippen molar-refractivity contribution >= 4 is 105 Å². The normalized spacial score (nSPS) is 10.4. The average Bonchev–Trinajstić information content (AvgIpc) is 3.40. The first-order valence-electron chi connectivity index (χ1n) is 22.3. The van der Waals surface area contributed by atoms with Crippen molar-refractivity contribution in [3.05, 3.63) is 303 Å². The Balaban J connectivity index is 0.000000135. The molecule has 318 valence electrons. The zero-order valence-corrected chi connectivity index (χ0v) is 46.0. The van der Waals surface area contributed by atoms with Crippen LogP contribution in [0.2, 0.25) is 0 Å². The van der Waals surface area contributed by atoms with E-state index in [2.05, 4.69) is 273 Å². The molecule has 0 aromatic heterocycles. The van der Waals surface area contributed by atoms with Gasteiger partial charge in [0, 0.05) is 0 Å². The molecule has 5 heteroatoms. The first-order valence-corrected chi connectivity index (χ1v) is 35.1. The standard InChI is InChI=1S/C7H8BN.9C6H5.3Sn/c1-9(8)7-5-3-2-4-6-7;9*1-2-4-6-5-3-1;;;/h2-6H,1H3;9*1-5H;;;/q-1;;;;;;;;;;;;.